The van der Waals surface area contributed by atoms with E-state index in [4.69, 9.17) is 0 Å². The van der Waals surface area contributed by atoms with Crippen LogP contribution in [-0.4, -0.2) is 15.8 Å². The van der Waals surface area contributed by atoms with Crippen molar-refractivity contribution in [2.24, 2.45) is 0 Å². The molecule has 0 unspecified atom stereocenters. The lowest BCUT2D eigenvalue weighted by atomic mass is 10.2. The number of fused-ring (bicyclic) bond motifs is 1. The van der Waals surface area contributed by atoms with Gasteiger partial charge in [0.25, 0.3) is 0 Å². The summed E-state index contributed by atoms with van der Waals surface area (Å²) in [6.45, 7) is 5.95. The topological polar surface area (TPSA) is 33.1 Å². The summed E-state index contributed by atoms with van der Waals surface area (Å²) in [5.41, 5.74) is 2.20. The van der Waals surface area contributed by atoms with Crippen molar-refractivity contribution in [1.82, 2.24) is 4.98 Å². The zero-order valence-electron chi connectivity index (χ0n) is 9.77. The van der Waals surface area contributed by atoms with Gasteiger partial charge in [-0.2, -0.15) is 0 Å². The second kappa shape index (κ2) is 5.56. The lowest BCUT2D eigenvalue weighted by Crippen LogP contribution is -1.80. The number of hydrogen-bond donors (Lipinski definition) is 1. The van der Waals surface area contributed by atoms with Gasteiger partial charge in [-0.05, 0) is 38.0 Å². The molecule has 0 aliphatic carbocycles. The highest BCUT2D eigenvalue weighted by Crippen LogP contribution is 2.31. The number of phenolic OH excluding ortho intramolecular Hbond substituents is 1. The Morgan fingerprint density at radius 1 is 1.53 bits per heavy atom. The van der Waals surface area contributed by atoms with Gasteiger partial charge in [0.2, 0.25) is 0 Å². The van der Waals surface area contributed by atoms with Crippen LogP contribution in [0.25, 0.3) is 10.2 Å². The minimum Gasteiger partial charge on any atom is -0.508 e. The van der Waals surface area contributed by atoms with Crippen LogP contribution in [0.1, 0.15) is 19.8 Å². The molecule has 2 rings (SSSR count). The summed E-state index contributed by atoms with van der Waals surface area (Å²) in [6, 6.07) is 5.31. The molecule has 4 heteroatoms. The lowest BCUT2D eigenvalue weighted by molar-refractivity contribution is 0.476. The molecule has 0 saturated heterocycles. The number of nitrogens with zero attached hydrogens (tertiary/aromatic N) is 1. The Hall–Kier alpha value is -1.000. The van der Waals surface area contributed by atoms with Crippen LogP contribution in [0.4, 0.5) is 0 Å². The highest BCUT2D eigenvalue weighted by molar-refractivity contribution is 8.01. The molecule has 90 valence electrons. The van der Waals surface area contributed by atoms with Crippen LogP contribution in [0.3, 0.4) is 0 Å². The maximum absolute atomic E-state index is 9.38. The van der Waals surface area contributed by atoms with E-state index in [1.54, 1.807) is 35.2 Å². The molecule has 0 atom stereocenters. The fourth-order valence-electron chi connectivity index (χ4n) is 1.49. The van der Waals surface area contributed by atoms with Crippen molar-refractivity contribution >= 4 is 33.3 Å². The number of phenols is 1. The number of hydrogen-bond acceptors (Lipinski definition) is 4. The summed E-state index contributed by atoms with van der Waals surface area (Å²) in [6.07, 6.45) is 2.22. The largest absolute Gasteiger partial charge is 0.508 e. The number of allylic oxidation sites excluding steroid dienone is 1. The van der Waals surface area contributed by atoms with Gasteiger partial charge in [0.15, 0.2) is 4.34 Å². The van der Waals surface area contributed by atoms with Gasteiger partial charge >= 0.3 is 0 Å². The third kappa shape index (κ3) is 3.48. The molecule has 1 aromatic heterocycles. The maximum Gasteiger partial charge on any atom is 0.151 e. The van der Waals surface area contributed by atoms with E-state index in [0.29, 0.717) is 5.75 Å². The highest BCUT2D eigenvalue weighted by atomic mass is 32.2. The van der Waals surface area contributed by atoms with E-state index < -0.39 is 0 Å². The molecule has 2 aromatic rings. The first-order valence-electron chi connectivity index (χ1n) is 5.52. The van der Waals surface area contributed by atoms with Crippen LogP contribution < -0.4 is 0 Å². The average Bonchev–Trinajstić information content (AvgIpc) is 2.66. The van der Waals surface area contributed by atoms with E-state index in [2.05, 4.69) is 18.5 Å². The summed E-state index contributed by atoms with van der Waals surface area (Å²) in [4.78, 5) is 4.52. The second-order valence-electron chi connectivity index (χ2n) is 4.04. The van der Waals surface area contributed by atoms with E-state index in [0.717, 1.165) is 33.2 Å². The van der Waals surface area contributed by atoms with Gasteiger partial charge < -0.3 is 5.11 Å². The summed E-state index contributed by atoms with van der Waals surface area (Å²) >= 11 is 3.42. The number of thiazole rings is 1. The van der Waals surface area contributed by atoms with Crippen molar-refractivity contribution in [3.05, 3.63) is 30.4 Å². The molecule has 0 radical (unpaired) electrons. The molecular weight excluding hydrogens is 250 g/mol. The molecule has 0 spiro atoms. The highest BCUT2D eigenvalue weighted by Gasteiger charge is 2.04. The van der Waals surface area contributed by atoms with E-state index in [1.165, 1.54) is 5.57 Å². The first-order valence-corrected chi connectivity index (χ1v) is 7.32. The number of benzene rings is 1. The van der Waals surface area contributed by atoms with Gasteiger partial charge in [-0.15, -0.1) is 17.9 Å². The Balaban J connectivity index is 1.97. The van der Waals surface area contributed by atoms with Crippen molar-refractivity contribution in [2.45, 2.75) is 24.1 Å². The zero-order chi connectivity index (χ0) is 12.3. The molecule has 1 aromatic carbocycles. The Morgan fingerprint density at radius 3 is 3.12 bits per heavy atom. The molecule has 1 N–H and O–H groups in total. The van der Waals surface area contributed by atoms with Crippen molar-refractivity contribution in [3.8, 4) is 5.75 Å². The van der Waals surface area contributed by atoms with Gasteiger partial charge in [-0.3, -0.25) is 0 Å². The van der Waals surface area contributed by atoms with Crippen LogP contribution in [0.2, 0.25) is 0 Å². The van der Waals surface area contributed by atoms with E-state index >= 15 is 0 Å². The Bertz CT molecular complexity index is 533. The molecule has 0 aliphatic heterocycles. The number of thioether (sulfide) groups is 1. The predicted molar refractivity (Wildman–Crippen MR) is 76.1 cm³/mol. The molecule has 0 amide bonds. The number of rotatable bonds is 5. The predicted octanol–water partition coefficient (Wildman–Crippen LogP) is 4.45. The van der Waals surface area contributed by atoms with E-state index in [1.807, 2.05) is 6.07 Å². The molecule has 2 nitrogen and oxygen atoms in total. The number of aromatic hydroxyl groups is 1. The van der Waals surface area contributed by atoms with Crippen molar-refractivity contribution in [3.63, 3.8) is 0 Å². The van der Waals surface area contributed by atoms with Crippen LogP contribution in [-0.2, 0) is 0 Å². The van der Waals surface area contributed by atoms with Crippen LogP contribution in [0, 0.1) is 0 Å². The van der Waals surface area contributed by atoms with Gasteiger partial charge in [0, 0.05) is 5.75 Å². The van der Waals surface area contributed by atoms with Crippen molar-refractivity contribution in [1.29, 1.82) is 0 Å². The Labute approximate surface area is 109 Å². The van der Waals surface area contributed by atoms with Crippen LogP contribution in [0.15, 0.2) is 34.7 Å². The van der Waals surface area contributed by atoms with Crippen molar-refractivity contribution < 1.29 is 5.11 Å². The first kappa shape index (κ1) is 12.5. The summed E-state index contributed by atoms with van der Waals surface area (Å²) in [7, 11) is 0. The van der Waals surface area contributed by atoms with Crippen molar-refractivity contribution in [2.75, 3.05) is 5.75 Å². The fraction of sp³-hybridized carbons (Fsp3) is 0.308. The summed E-state index contributed by atoms with van der Waals surface area (Å²) < 4.78 is 2.12. The minimum absolute atomic E-state index is 0.306. The van der Waals surface area contributed by atoms with Crippen LogP contribution >= 0.6 is 23.1 Å². The lowest BCUT2D eigenvalue weighted by Gasteiger charge is -1.97. The standard InChI is InChI=1S/C13H15NOS2/c1-9(2)4-3-7-16-13-14-11-6-5-10(15)8-12(11)17-13/h5-6,8,15H,1,3-4,7H2,2H3. The number of aromatic nitrogens is 1. The molecule has 0 aliphatic rings. The molecule has 0 bridgehead atoms. The molecule has 0 fully saturated rings. The van der Waals surface area contributed by atoms with Crippen LogP contribution in [0.5, 0.6) is 5.75 Å². The van der Waals surface area contributed by atoms with E-state index in [-0.39, 0.29) is 0 Å². The second-order valence-corrected chi connectivity index (χ2v) is 6.41. The molecule has 0 saturated carbocycles. The Kier molecular flexibility index (Phi) is 4.07. The normalized spacial score (nSPS) is 10.9. The van der Waals surface area contributed by atoms with Gasteiger partial charge in [0.1, 0.15) is 5.75 Å². The maximum atomic E-state index is 9.38. The third-order valence-electron chi connectivity index (χ3n) is 2.33. The monoisotopic (exact) mass is 265 g/mol. The zero-order valence-corrected chi connectivity index (χ0v) is 11.4. The smallest absolute Gasteiger partial charge is 0.151 e. The minimum atomic E-state index is 0.306. The summed E-state index contributed by atoms with van der Waals surface area (Å²) in [5, 5.41) is 9.38. The fourth-order valence-corrected chi connectivity index (χ4v) is 3.60. The average molecular weight is 265 g/mol. The first-order chi connectivity index (χ1) is 8.15. The molecule has 1 heterocycles. The van der Waals surface area contributed by atoms with Gasteiger partial charge in [0.05, 0.1) is 10.2 Å². The van der Waals surface area contributed by atoms with Gasteiger partial charge in [-0.1, -0.05) is 17.3 Å². The van der Waals surface area contributed by atoms with E-state index in [9.17, 15) is 5.11 Å². The molecule has 17 heavy (non-hydrogen) atoms. The quantitative estimate of drug-likeness (QED) is 0.492. The molecular formula is C13H15NOS2. The third-order valence-corrected chi connectivity index (χ3v) is 4.57. The SMILES string of the molecule is C=C(C)CCCSc1nc2ccc(O)cc2s1. The Morgan fingerprint density at radius 2 is 2.35 bits per heavy atom. The van der Waals surface area contributed by atoms with Gasteiger partial charge in [-0.25, -0.2) is 4.98 Å². The summed E-state index contributed by atoms with van der Waals surface area (Å²) in [5.74, 6) is 1.37.